The molecule has 0 aliphatic carbocycles. The fraction of sp³-hybridized carbons (Fsp3) is 0.0357. The summed E-state index contributed by atoms with van der Waals surface area (Å²) in [6.07, 6.45) is 0. The maximum absolute atomic E-state index is 12.6. The van der Waals surface area contributed by atoms with Crippen LogP contribution in [0.2, 0.25) is 0 Å². The highest BCUT2D eigenvalue weighted by Crippen LogP contribution is 2.22. The molecule has 0 saturated heterocycles. The van der Waals surface area contributed by atoms with Gasteiger partial charge in [0, 0.05) is 23.4 Å². The fourth-order valence-corrected chi connectivity index (χ4v) is 4.01. The van der Waals surface area contributed by atoms with Crippen LogP contribution in [0.4, 0.5) is 11.6 Å². The lowest BCUT2D eigenvalue weighted by atomic mass is 10.1. The Morgan fingerprint density at radius 3 is 2.06 bits per heavy atom. The SMILES string of the molecule is O=C(Nc1nc2ccccc2[nH]1)c1ccc(CNc2ccc(-c3nc4ccccc4[nH]3)cc2)cc1. The fourth-order valence-electron chi connectivity index (χ4n) is 4.01. The second-order valence-electron chi connectivity index (χ2n) is 8.29. The number of para-hydroxylation sites is 4. The van der Waals surface area contributed by atoms with Gasteiger partial charge in [0.05, 0.1) is 22.1 Å². The zero-order valence-electron chi connectivity index (χ0n) is 18.7. The summed E-state index contributed by atoms with van der Waals surface area (Å²) in [5.41, 5.74) is 7.38. The van der Waals surface area contributed by atoms with Crippen molar-refractivity contribution in [2.24, 2.45) is 0 Å². The summed E-state index contributed by atoms with van der Waals surface area (Å²) in [6, 6.07) is 31.4. The molecule has 1 amide bonds. The van der Waals surface area contributed by atoms with Gasteiger partial charge in [-0.2, -0.15) is 0 Å². The molecule has 0 aliphatic rings. The number of aromatic amines is 2. The number of anilines is 2. The minimum absolute atomic E-state index is 0.204. The van der Waals surface area contributed by atoms with Crippen LogP contribution < -0.4 is 10.6 Å². The number of carbonyl (C=O) groups is 1. The van der Waals surface area contributed by atoms with E-state index in [0.29, 0.717) is 18.1 Å². The molecule has 0 atom stereocenters. The third kappa shape index (κ3) is 4.35. The predicted octanol–water partition coefficient (Wildman–Crippen LogP) is 5.97. The summed E-state index contributed by atoms with van der Waals surface area (Å²) < 4.78 is 0. The molecule has 6 aromatic rings. The topological polar surface area (TPSA) is 98.5 Å². The van der Waals surface area contributed by atoms with Gasteiger partial charge < -0.3 is 15.3 Å². The van der Waals surface area contributed by atoms with Crippen molar-refractivity contribution in [3.05, 3.63) is 108 Å². The molecule has 0 saturated carbocycles. The predicted molar refractivity (Wildman–Crippen MR) is 139 cm³/mol. The van der Waals surface area contributed by atoms with Crippen molar-refractivity contribution in [3.63, 3.8) is 0 Å². The minimum atomic E-state index is -0.204. The molecule has 170 valence electrons. The molecule has 0 spiro atoms. The van der Waals surface area contributed by atoms with Gasteiger partial charge in [0.25, 0.3) is 5.91 Å². The number of carbonyl (C=O) groups excluding carboxylic acids is 1. The van der Waals surface area contributed by atoms with E-state index in [9.17, 15) is 4.79 Å². The van der Waals surface area contributed by atoms with E-state index in [0.717, 1.165) is 44.7 Å². The number of imidazole rings is 2. The Morgan fingerprint density at radius 2 is 1.37 bits per heavy atom. The van der Waals surface area contributed by atoms with Gasteiger partial charge in [0.1, 0.15) is 5.82 Å². The summed E-state index contributed by atoms with van der Waals surface area (Å²) in [5, 5.41) is 6.25. The molecule has 0 unspecified atom stereocenters. The van der Waals surface area contributed by atoms with E-state index in [4.69, 9.17) is 0 Å². The first-order chi connectivity index (χ1) is 17.2. The Balaban J connectivity index is 1.07. The Hall–Kier alpha value is -4.91. The highest BCUT2D eigenvalue weighted by atomic mass is 16.1. The van der Waals surface area contributed by atoms with Crippen LogP contribution in [0, 0.1) is 0 Å². The zero-order chi connectivity index (χ0) is 23.6. The monoisotopic (exact) mass is 458 g/mol. The van der Waals surface area contributed by atoms with E-state index < -0.39 is 0 Å². The summed E-state index contributed by atoms with van der Waals surface area (Å²) in [6.45, 7) is 0.648. The molecule has 2 aromatic heterocycles. The minimum Gasteiger partial charge on any atom is -0.381 e. The lowest BCUT2D eigenvalue weighted by molar-refractivity contribution is 0.102. The summed E-state index contributed by atoms with van der Waals surface area (Å²) in [5.74, 6) is 1.09. The van der Waals surface area contributed by atoms with Gasteiger partial charge >= 0.3 is 0 Å². The molecular formula is C28H22N6O. The largest absolute Gasteiger partial charge is 0.381 e. The number of benzene rings is 4. The molecule has 4 aromatic carbocycles. The van der Waals surface area contributed by atoms with Crippen LogP contribution in [0.3, 0.4) is 0 Å². The van der Waals surface area contributed by atoms with Crippen LogP contribution >= 0.6 is 0 Å². The Labute approximate surface area is 201 Å². The molecule has 0 fully saturated rings. The van der Waals surface area contributed by atoms with Crippen LogP contribution in [0.1, 0.15) is 15.9 Å². The third-order valence-electron chi connectivity index (χ3n) is 5.88. The molecule has 2 heterocycles. The van der Waals surface area contributed by atoms with E-state index in [1.54, 1.807) is 0 Å². The molecule has 0 bridgehead atoms. The van der Waals surface area contributed by atoms with Crippen molar-refractivity contribution < 1.29 is 4.79 Å². The van der Waals surface area contributed by atoms with E-state index >= 15 is 0 Å². The first-order valence-electron chi connectivity index (χ1n) is 11.4. The van der Waals surface area contributed by atoms with Gasteiger partial charge in [-0.25, -0.2) is 9.97 Å². The summed E-state index contributed by atoms with van der Waals surface area (Å²) >= 11 is 0. The number of rotatable bonds is 6. The van der Waals surface area contributed by atoms with Gasteiger partial charge in [0.2, 0.25) is 5.95 Å². The van der Waals surface area contributed by atoms with Crippen LogP contribution in [-0.4, -0.2) is 25.8 Å². The molecule has 7 nitrogen and oxygen atoms in total. The molecular weight excluding hydrogens is 436 g/mol. The Bertz CT molecular complexity index is 1560. The number of amides is 1. The quantitative estimate of drug-likeness (QED) is 0.247. The van der Waals surface area contributed by atoms with Gasteiger partial charge in [-0.1, -0.05) is 36.4 Å². The van der Waals surface area contributed by atoms with Crippen molar-refractivity contribution in [1.82, 2.24) is 19.9 Å². The van der Waals surface area contributed by atoms with Gasteiger partial charge in [0.15, 0.2) is 0 Å². The van der Waals surface area contributed by atoms with Crippen molar-refractivity contribution in [1.29, 1.82) is 0 Å². The first kappa shape index (κ1) is 20.7. The Morgan fingerprint density at radius 1 is 0.714 bits per heavy atom. The maximum atomic E-state index is 12.6. The number of fused-ring (bicyclic) bond motifs is 2. The summed E-state index contributed by atoms with van der Waals surface area (Å²) in [7, 11) is 0. The lowest BCUT2D eigenvalue weighted by Crippen LogP contribution is -2.13. The number of nitrogens with zero attached hydrogens (tertiary/aromatic N) is 2. The number of nitrogens with one attached hydrogen (secondary N) is 4. The first-order valence-corrected chi connectivity index (χ1v) is 11.4. The van der Waals surface area contributed by atoms with Crippen molar-refractivity contribution in [3.8, 4) is 11.4 Å². The summed E-state index contributed by atoms with van der Waals surface area (Å²) in [4.78, 5) is 28.1. The van der Waals surface area contributed by atoms with Crippen LogP contribution in [0.15, 0.2) is 97.1 Å². The van der Waals surface area contributed by atoms with E-state index in [1.165, 1.54) is 0 Å². The molecule has 7 heteroatoms. The molecule has 0 aliphatic heterocycles. The van der Waals surface area contributed by atoms with Crippen LogP contribution in [0.5, 0.6) is 0 Å². The highest BCUT2D eigenvalue weighted by Gasteiger charge is 2.09. The molecule has 0 radical (unpaired) electrons. The van der Waals surface area contributed by atoms with E-state index in [1.807, 2.05) is 97.1 Å². The van der Waals surface area contributed by atoms with Gasteiger partial charge in [-0.15, -0.1) is 0 Å². The van der Waals surface area contributed by atoms with E-state index in [-0.39, 0.29) is 5.91 Å². The van der Waals surface area contributed by atoms with Crippen molar-refractivity contribution >= 4 is 39.6 Å². The average Bonchev–Trinajstić information content (AvgIpc) is 3.52. The number of H-pyrrole nitrogens is 2. The highest BCUT2D eigenvalue weighted by molar-refractivity contribution is 6.04. The number of hydrogen-bond donors (Lipinski definition) is 4. The van der Waals surface area contributed by atoms with Crippen molar-refractivity contribution in [2.75, 3.05) is 10.6 Å². The lowest BCUT2D eigenvalue weighted by Gasteiger charge is -2.08. The molecule has 6 rings (SSSR count). The molecule has 35 heavy (non-hydrogen) atoms. The number of hydrogen-bond acceptors (Lipinski definition) is 4. The second kappa shape index (κ2) is 8.79. The van der Waals surface area contributed by atoms with Gasteiger partial charge in [-0.3, -0.25) is 10.1 Å². The maximum Gasteiger partial charge on any atom is 0.257 e. The molecule has 4 N–H and O–H groups in total. The zero-order valence-corrected chi connectivity index (χ0v) is 18.7. The van der Waals surface area contributed by atoms with Crippen LogP contribution in [0.25, 0.3) is 33.5 Å². The van der Waals surface area contributed by atoms with Crippen molar-refractivity contribution in [2.45, 2.75) is 6.54 Å². The number of aromatic nitrogens is 4. The normalized spacial score (nSPS) is 11.1. The smallest absolute Gasteiger partial charge is 0.257 e. The van der Waals surface area contributed by atoms with Gasteiger partial charge in [-0.05, 0) is 66.2 Å². The Kier molecular flexibility index (Phi) is 5.20. The average molecular weight is 459 g/mol. The van der Waals surface area contributed by atoms with Crippen LogP contribution in [-0.2, 0) is 6.54 Å². The van der Waals surface area contributed by atoms with E-state index in [2.05, 4.69) is 30.6 Å². The standard InChI is InChI=1S/C28H22N6O/c35-27(34-28-32-24-7-3-4-8-25(24)33-28)20-11-9-18(10-12-20)17-29-21-15-13-19(14-16-21)26-30-22-5-1-2-6-23(22)31-26/h1-16,29H,17H2,(H,30,31)(H2,32,33,34,35). The third-order valence-corrected chi connectivity index (χ3v) is 5.88. The second-order valence-corrected chi connectivity index (χ2v) is 8.29.